The van der Waals surface area contributed by atoms with Gasteiger partial charge < -0.3 is 9.84 Å². The number of carboxylic acids is 1. The molecule has 0 saturated heterocycles. The molecule has 0 aliphatic heterocycles. The summed E-state index contributed by atoms with van der Waals surface area (Å²) in [4.78, 5) is 22.2. The van der Waals surface area contributed by atoms with Gasteiger partial charge in [-0.15, -0.1) is 0 Å². The predicted molar refractivity (Wildman–Crippen MR) is 75.0 cm³/mol. The summed E-state index contributed by atoms with van der Waals surface area (Å²) in [6, 6.07) is 0. The minimum absolute atomic E-state index is 0.115. The monoisotopic (exact) mass is 272 g/mol. The molecule has 0 saturated carbocycles. The van der Waals surface area contributed by atoms with Crippen LogP contribution in [0.5, 0.6) is 0 Å². The molecule has 0 heterocycles. The van der Waals surface area contributed by atoms with E-state index in [4.69, 9.17) is 9.84 Å². The van der Waals surface area contributed by atoms with Gasteiger partial charge in [0.25, 0.3) is 0 Å². The van der Waals surface area contributed by atoms with Crippen LogP contribution in [0.2, 0.25) is 0 Å². The van der Waals surface area contributed by atoms with E-state index < -0.39 is 5.97 Å². The highest BCUT2D eigenvalue weighted by Crippen LogP contribution is 2.16. The number of esters is 1. The first-order valence-corrected chi connectivity index (χ1v) is 7.50. The van der Waals surface area contributed by atoms with Gasteiger partial charge in [0.05, 0.1) is 12.5 Å². The average Bonchev–Trinajstić information content (AvgIpc) is 2.38. The van der Waals surface area contributed by atoms with Gasteiger partial charge in [-0.05, 0) is 25.7 Å². The van der Waals surface area contributed by atoms with Crippen LogP contribution in [0, 0.1) is 5.92 Å². The summed E-state index contributed by atoms with van der Waals surface area (Å²) in [7, 11) is 0. The van der Waals surface area contributed by atoms with Crippen molar-refractivity contribution in [2.45, 2.75) is 71.6 Å². The fourth-order valence-corrected chi connectivity index (χ4v) is 2.04. The lowest BCUT2D eigenvalue weighted by Gasteiger charge is -2.10. The minimum Gasteiger partial charge on any atom is -0.481 e. The third kappa shape index (κ3) is 10.5. The third-order valence-corrected chi connectivity index (χ3v) is 3.14. The van der Waals surface area contributed by atoms with Crippen molar-refractivity contribution in [2.24, 2.45) is 5.92 Å². The summed E-state index contributed by atoms with van der Waals surface area (Å²) in [6.45, 7) is 4.50. The van der Waals surface area contributed by atoms with E-state index in [1.54, 1.807) is 0 Å². The zero-order chi connectivity index (χ0) is 14.5. The van der Waals surface area contributed by atoms with Crippen molar-refractivity contribution in [2.75, 3.05) is 6.61 Å². The van der Waals surface area contributed by atoms with Crippen molar-refractivity contribution in [3.63, 3.8) is 0 Å². The van der Waals surface area contributed by atoms with Crippen molar-refractivity contribution in [3.05, 3.63) is 0 Å². The number of ether oxygens (including phenoxy) is 1. The quantitative estimate of drug-likeness (QED) is 0.434. The van der Waals surface area contributed by atoms with Gasteiger partial charge >= 0.3 is 11.9 Å². The molecular formula is C15H28O4. The molecule has 0 aromatic heterocycles. The molecule has 0 aromatic rings. The highest BCUT2D eigenvalue weighted by Gasteiger charge is 2.15. The lowest BCUT2D eigenvalue weighted by Crippen LogP contribution is -2.13. The number of hydrogen-bond donors (Lipinski definition) is 1. The topological polar surface area (TPSA) is 63.6 Å². The van der Waals surface area contributed by atoms with Crippen LogP contribution in [0.15, 0.2) is 0 Å². The van der Waals surface area contributed by atoms with Gasteiger partial charge in [-0.2, -0.15) is 0 Å². The van der Waals surface area contributed by atoms with Crippen LogP contribution in [-0.2, 0) is 14.3 Å². The molecule has 19 heavy (non-hydrogen) atoms. The van der Waals surface area contributed by atoms with Crippen molar-refractivity contribution in [1.29, 1.82) is 0 Å². The second-order valence-corrected chi connectivity index (χ2v) is 5.00. The highest BCUT2D eigenvalue weighted by molar-refractivity contribution is 5.70. The lowest BCUT2D eigenvalue weighted by molar-refractivity contribution is -0.144. The summed E-state index contributed by atoms with van der Waals surface area (Å²) >= 11 is 0. The standard InChI is InChI=1S/C15H28O4/c1-3-9-13(15(17)18)10-7-5-6-8-11-14(16)19-12-4-2/h13H,3-12H2,1-2H3,(H,17,18). The first-order valence-electron chi connectivity index (χ1n) is 7.50. The van der Waals surface area contributed by atoms with Crippen molar-refractivity contribution >= 4 is 11.9 Å². The van der Waals surface area contributed by atoms with Crippen molar-refractivity contribution < 1.29 is 19.4 Å². The molecule has 0 aliphatic carbocycles. The van der Waals surface area contributed by atoms with Crippen LogP contribution in [-0.4, -0.2) is 23.7 Å². The van der Waals surface area contributed by atoms with Crippen LogP contribution in [0.3, 0.4) is 0 Å². The molecule has 0 amide bonds. The molecule has 1 unspecified atom stereocenters. The number of hydrogen-bond acceptors (Lipinski definition) is 3. The molecule has 0 aliphatic rings. The maximum absolute atomic E-state index is 11.2. The van der Waals surface area contributed by atoms with E-state index in [1.807, 2.05) is 13.8 Å². The first kappa shape index (κ1) is 17.9. The zero-order valence-electron chi connectivity index (χ0n) is 12.3. The van der Waals surface area contributed by atoms with Gasteiger partial charge in [0.2, 0.25) is 0 Å². The molecule has 0 rings (SSSR count). The van der Waals surface area contributed by atoms with E-state index in [0.717, 1.165) is 51.4 Å². The van der Waals surface area contributed by atoms with E-state index >= 15 is 0 Å². The van der Waals surface area contributed by atoms with Gasteiger partial charge in [-0.1, -0.05) is 39.5 Å². The van der Waals surface area contributed by atoms with E-state index in [0.29, 0.717) is 13.0 Å². The molecule has 0 spiro atoms. The Morgan fingerprint density at radius 2 is 1.68 bits per heavy atom. The smallest absolute Gasteiger partial charge is 0.306 e. The fourth-order valence-electron chi connectivity index (χ4n) is 2.04. The Hall–Kier alpha value is -1.06. The predicted octanol–water partition coefficient (Wildman–Crippen LogP) is 3.78. The highest BCUT2D eigenvalue weighted by atomic mass is 16.5. The maximum Gasteiger partial charge on any atom is 0.306 e. The molecule has 0 aromatic carbocycles. The van der Waals surface area contributed by atoms with Crippen LogP contribution in [0.4, 0.5) is 0 Å². The number of rotatable bonds is 12. The summed E-state index contributed by atoms with van der Waals surface area (Å²) in [6.07, 6.45) is 7.52. The Morgan fingerprint density at radius 3 is 2.26 bits per heavy atom. The van der Waals surface area contributed by atoms with Gasteiger partial charge in [0, 0.05) is 6.42 Å². The zero-order valence-corrected chi connectivity index (χ0v) is 12.3. The van der Waals surface area contributed by atoms with Gasteiger partial charge in [0.1, 0.15) is 0 Å². The molecule has 1 N–H and O–H groups in total. The van der Waals surface area contributed by atoms with E-state index in [9.17, 15) is 9.59 Å². The molecular weight excluding hydrogens is 244 g/mol. The number of aliphatic carboxylic acids is 1. The number of unbranched alkanes of at least 4 members (excludes halogenated alkanes) is 3. The summed E-state index contributed by atoms with van der Waals surface area (Å²) in [5, 5.41) is 9.00. The van der Waals surface area contributed by atoms with Crippen molar-refractivity contribution in [3.8, 4) is 0 Å². The summed E-state index contributed by atoms with van der Waals surface area (Å²) in [5.41, 5.74) is 0. The number of carbonyl (C=O) groups excluding carboxylic acids is 1. The third-order valence-electron chi connectivity index (χ3n) is 3.14. The molecule has 112 valence electrons. The molecule has 1 atom stereocenters. The van der Waals surface area contributed by atoms with Gasteiger partial charge in [0.15, 0.2) is 0 Å². The average molecular weight is 272 g/mol. The normalized spacial score (nSPS) is 12.1. The van der Waals surface area contributed by atoms with Crippen LogP contribution < -0.4 is 0 Å². The SMILES string of the molecule is CCCOC(=O)CCCCCCC(CCC)C(=O)O. The molecule has 0 fully saturated rings. The largest absolute Gasteiger partial charge is 0.481 e. The second-order valence-electron chi connectivity index (χ2n) is 5.00. The summed E-state index contributed by atoms with van der Waals surface area (Å²) in [5.74, 6) is -0.985. The Labute approximate surface area is 116 Å². The Kier molecular flexibility index (Phi) is 11.3. The molecule has 4 nitrogen and oxygen atoms in total. The van der Waals surface area contributed by atoms with E-state index in [-0.39, 0.29) is 11.9 Å². The van der Waals surface area contributed by atoms with E-state index in [2.05, 4.69) is 0 Å². The lowest BCUT2D eigenvalue weighted by atomic mass is 9.96. The Balaban J connectivity index is 3.48. The van der Waals surface area contributed by atoms with E-state index in [1.165, 1.54) is 0 Å². The second kappa shape index (κ2) is 12.0. The fraction of sp³-hybridized carbons (Fsp3) is 0.867. The Bertz CT molecular complexity index is 251. The summed E-state index contributed by atoms with van der Waals surface area (Å²) < 4.78 is 4.98. The maximum atomic E-state index is 11.2. The van der Waals surface area contributed by atoms with Crippen LogP contribution >= 0.6 is 0 Å². The first-order chi connectivity index (χ1) is 9.11. The van der Waals surface area contributed by atoms with Crippen molar-refractivity contribution in [1.82, 2.24) is 0 Å². The molecule has 4 heteroatoms. The Morgan fingerprint density at radius 1 is 1.00 bits per heavy atom. The molecule has 0 radical (unpaired) electrons. The minimum atomic E-state index is -0.676. The molecule has 0 bridgehead atoms. The van der Waals surface area contributed by atoms with Crippen LogP contribution in [0.25, 0.3) is 0 Å². The van der Waals surface area contributed by atoms with Gasteiger partial charge in [-0.3, -0.25) is 9.59 Å². The number of carboxylic acid groups (broad SMARTS) is 1. The van der Waals surface area contributed by atoms with Gasteiger partial charge in [-0.25, -0.2) is 0 Å². The van der Waals surface area contributed by atoms with Crippen LogP contribution in [0.1, 0.15) is 71.6 Å². The number of carbonyl (C=O) groups is 2.